The van der Waals surface area contributed by atoms with Crippen molar-refractivity contribution >= 4 is 37.4 Å². The molecule has 6 heteroatoms. The Bertz CT molecular complexity index is 576. The summed E-state index contributed by atoms with van der Waals surface area (Å²) in [5.41, 5.74) is 0. The van der Waals surface area contributed by atoms with Gasteiger partial charge in [-0.2, -0.15) is 14.0 Å². The molecule has 2 nitrogen and oxygen atoms in total. The van der Waals surface area contributed by atoms with Crippen molar-refractivity contribution in [2.75, 3.05) is 0 Å². The lowest BCUT2D eigenvalue weighted by Crippen LogP contribution is -2.02. The lowest BCUT2D eigenvalue weighted by Gasteiger charge is -2.02. The Morgan fingerprint density at radius 2 is 2.19 bits per heavy atom. The number of hydrogen-bond acceptors (Lipinski definition) is 3. The number of rotatable bonds is 2. The van der Waals surface area contributed by atoms with E-state index < -0.39 is 6.61 Å². The maximum atomic E-state index is 12.2. The van der Waals surface area contributed by atoms with Crippen LogP contribution in [-0.2, 0) is 0 Å². The maximum Gasteiger partial charge on any atom is 0.387 e. The average molecular weight is 304 g/mol. The third-order valence-electron chi connectivity index (χ3n) is 1.93. The number of alkyl halides is 2. The fourth-order valence-corrected chi connectivity index (χ4v) is 2.89. The van der Waals surface area contributed by atoms with Gasteiger partial charge < -0.3 is 4.74 Å². The number of hydrogen-bond donors (Lipinski definition) is 0. The summed E-state index contributed by atoms with van der Waals surface area (Å²) in [6.45, 7) is -2.93. The molecule has 0 saturated heterocycles. The van der Waals surface area contributed by atoms with Crippen LogP contribution in [0.4, 0.5) is 8.78 Å². The van der Waals surface area contributed by atoms with Crippen LogP contribution >= 0.6 is 27.3 Å². The van der Waals surface area contributed by atoms with Gasteiger partial charge in [0.25, 0.3) is 0 Å². The topological polar surface area (TPSA) is 33.0 Å². The van der Waals surface area contributed by atoms with Crippen molar-refractivity contribution in [3.8, 4) is 11.8 Å². The van der Waals surface area contributed by atoms with E-state index in [0.717, 1.165) is 20.5 Å². The second-order valence-corrected chi connectivity index (χ2v) is 4.74. The molecule has 1 aromatic carbocycles. The number of halogens is 3. The van der Waals surface area contributed by atoms with E-state index in [9.17, 15) is 8.78 Å². The fraction of sp³-hybridized carbons (Fsp3) is 0.100. The Kier molecular flexibility index (Phi) is 3.08. The highest BCUT2D eigenvalue weighted by Crippen LogP contribution is 2.41. The van der Waals surface area contributed by atoms with Gasteiger partial charge in [-0.15, -0.1) is 11.3 Å². The van der Waals surface area contributed by atoms with Gasteiger partial charge in [0.05, 0.1) is 4.70 Å². The van der Waals surface area contributed by atoms with Crippen LogP contribution in [0.5, 0.6) is 5.75 Å². The summed E-state index contributed by atoms with van der Waals surface area (Å²) >= 11 is 4.42. The molecule has 0 unspecified atom stereocenters. The van der Waals surface area contributed by atoms with E-state index in [2.05, 4.69) is 20.7 Å². The van der Waals surface area contributed by atoms with Crippen LogP contribution in [-0.4, -0.2) is 6.61 Å². The molecule has 0 bridgehead atoms. The van der Waals surface area contributed by atoms with Crippen LogP contribution in [0.15, 0.2) is 22.7 Å². The highest BCUT2D eigenvalue weighted by Gasteiger charge is 2.18. The molecule has 82 valence electrons. The minimum absolute atomic E-state index is 0.0428. The minimum atomic E-state index is -2.93. The van der Waals surface area contributed by atoms with Crippen LogP contribution in [0.1, 0.15) is 4.88 Å². The zero-order valence-corrected chi connectivity index (χ0v) is 10.1. The zero-order chi connectivity index (χ0) is 11.7. The van der Waals surface area contributed by atoms with Crippen LogP contribution in [0.3, 0.4) is 0 Å². The highest BCUT2D eigenvalue weighted by atomic mass is 79.9. The van der Waals surface area contributed by atoms with E-state index in [1.54, 1.807) is 18.2 Å². The SMILES string of the molecule is N#Cc1sc2c(Br)cccc2c1OC(F)F. The third kappa shape index (κ3) is 1.88. The maximum absolute atomic E-state index is 12.2. The first-order chi connectivity index (χ1) is 7.63. The molecule has 0 fully saturated rings. The summed E-state index contributed by atoms with van der Waals surface area (Å²) in [7, 11) is 0. The number of thiophene rings is 1. The van der Waals surface area contributed by atoms with Gasteiger partial charge in [0.15, 0.2) is 5.75 Å². The van der Waals surface area contributed by atoms with Gasteiger partial charge in [-0.05, 0) is 28.1 Å². The van der Waals surface area contributed by atoms with Crippen LogP contribution in [0.2, 0.25) is 0 Å². The summed E-state index contributed by atoms with van der Waals surface area (Å²) < 4.78 is 30.3. The van der Waals surface area contributed by atoms with Crippen LogP contribution in [0.25, 0.3) is 10.1 Å². The molecular weight excluding hydrogens is 300 g/mol. The third-order valence-corrected chi connectivity index (χ3v) is 3.98. The lowest BCUT2D eigenvalue weighted by molar-refractivity contribution is -0.0487. The molecule has 0 aliphatic heterocycles. The van der Waals surface area contributed by atoms with Crippen molar-refractivity contribution in [1.82, 2.24) is 0 Å². The molecule has 0 radical (unpaired) electrons. The van der Waals surface area contributed by atoms with Crippen LogP contribution in [0, 0.1) is 11.3 Å². The number of ether oxygens (including phenoxy) is 1. The minimum Gasteiger partial charge on any atom is -0.432 e. The van der Waals surface area contributed by atoms with E-state index in [4.69, 9.17) is 5.26 Å². The fourth-order valence-electron chi connectivity index (χ4n) is 1.34. The van der Waals surface area contributed by atoms with Gasteiger partial charge in [0.2, 0.25) is 0 Å². The van der Waals surface area contributed by atoms with Crippen molar-refractivity contribution in [2.24, 2.45) is 0 Å². The van der Waals surface area contributed by atoms with E-state index in [1.165, 1.54) is 0 Å². The van der Waals surface area contributed by atoms with Crippen molar-refractivity contribution in [2.45, 2.75) is 6.61 Å². The summed E-state index contributed by atoms with van der Waals surface area (Å²) in [6, 6.07) is 7.00. The van der Waals surface area contributed by atoms with Crippen LogP contribution < -0.4 is 4.74 Å². The molecule has 1 heterocycles. The quantitative estimate of drug-likeness (QED) is 0.835. The van der Waals surface area contributed by atoms with Gasteiger partial charge >= 0.3 is 6.61 Å². The number of nitrogens with zero attached hydrogens (tertiary/aromatic N) is 1. The van der Waals surface area contributed by atoms with Crippen molar-refractivity contribution < 1.29 is 13.5 Å². The smallest absolute Gasteiger partial charge is 0.387 e. The first-order valence-corrected chi connectivity index (χ1v) is 5.80. The molecule has 2 rings (SSSR count). The Hall–Kier alpha value is -1.19. The second-order valence-electron chi connectivity index (χ2n) is 2.87. The molecule has 0 atom stereocenters. The van der Waals surface area contributed by atoms with Crippen molar-refractivity contribution in [1.29, 1.82) is 5.26 Å². The molecular formula is C10H4BrF2NOS. The largest absolute Gasteiger partial charge is 0.432 e. The first kappa shape index (κ1) is 11.3. The predicted octanol–water partition coefficient (Wildman–Crippen LogP) is 4.14. The number of benzene rings is 1. The predicted molar refractivity (Wildman–Crippen MR) is 60.9 cm³/mol. The number of fused-ring (bicyclic) bond motifs is 1. The average Bonchev–Trinajstić information content (AvgIpc) is 2.58. The molecule has 1 aromatic heterocycles. The summed E-state index contributed by atoms with van der Waals surface area (Å²) in [4.78, 5) is 0.155. The van der Waals surface area contributed by atoms with Gasteiger partial charge in [-0.1, -0.05) is 6.07 Å². The van der Waals surface area contributed by atoms with Gasteiger partial charge in [0, 0.05) is 9.86 Å². The molecule has 16 heavy (non-hydrogen) atoms. The Morgan fingerprint density at radius 3 is 2.81 bits per heavy atom. The molecule has 0 N–H and O–H groups in total. The Morgan fingerprint density at radius 1 is 1.44 bits per heavy atom. The normalized spacial score (nSPS) is 10.7. The van der Waals surface area contributed by atoms with Crippen molar-refractivity contribution in [3.63, 3.8) is 0 Å². The Labute approximate surface area is 102 Å². The lowest BCUT2D eigenvalue weighted by atomic mass is 10.2. The zero-order valence-electron chi connectivity index (χ0n) is 7.71. The molecule has 0 spiro atoms. The number of nitriles is 1. The monoisotopic (exact) mass is 303 g/mol. The van der Waals surface area contributed by atoms with E-state index in [-0.39, 0.29) is 10.6 Å². The summed E-state index contributed by atoms with van der Waals surface area (Å²) in [5.74, 6) is -0.0428. The van der Waals surface area contributed by atoms with E-state index in [1.807, 2.05) is 6.07 Å². The van der Waals surface area contributed by atoms with Gasteiger partial charge in [-0.3, -0.25) is 0 Å². The summed E-state index contributed by atoms with van der Waals surface area (Å²) in [6.07, 6.45) is 0. The second kappa shape index (κ2) is 4.36. The first-order valence-electron chi connectivity index (χ1n) is 4.19. The highest BCUT2D eigenvalue weighted by molar-refractivity contribution is 9.10. The standard InChI is InChI=1S/C10H4BrF2NOS/c11-6-3-1-2-5-8(15-10(12)13)7(4-14)16-9(5)6/h1-3,10H. The van der Waals surface area contributed by atoms with E-state index in [0.29, 0.717) is 5.39 Å². The Balaban J connectivity index is 2.70. The molecule has 0 saturated carbocycles. The molecule has 0 aliphatic rings. The molecule has 0 amide bonds. The van der Waals surface area contributed by atoms with Gasteiger partial charge in [0.1, 0.15) is 10.9 Å². The molecule has 2 aromatic rings. The molecule has 0 aliphatic carbocycles. The summed E-state index contributed by atoms with van der Waals surface area (Å²) in [5, 5.41) is 9.37. The van der Waals surface area contributed by atoms with E-state index >= 15 is 0 Å². The van der Waals surface area contributed by atoms with Crippen molar-refractivity contribution in [3.05, 3.63) is 27.5 Å². The van der Waals surface area contributed by atoms with Gasteiger partial charge in [-0.25, -0.2) is 0 Å².